The summed E-state index contributed by atoms with van der Waals surface area (Å²) in [6, 6.07) is 0.226. The van der Waals surface area contributed by atoms with Crippen LogP contribution in [-0.2, 0) is 11.3 Å². The van der Waals surface area contributed by atoms with Gasteiger partial charge in [0.05, 0.1) is 36.1 Å². The smallest absolute Gasteiger partial charge is 0.0834 e. The zero-order chi connectivity index (χ0) is 15.2. The Balaban J connectivity index is 2.18. The molecule has 1 fully saturated rings. The van der Waals surface area contributed by atoms with Gasteiger partial charge in [-0.05, 0) is 33.5 Å². The predicted octanol–water partition coefficient (Wildman–Crippen LogP) is 2.18. The molecule has 2 rings (SSSR count). The highest BCUT2D eigenvalue weighted by molar-refractivity contribution is 6.31. The molecule has 0 spiro atoms. The molecule has 6 heteroatoms. The molecule has 1 aromatic heterocycles. The number of nitrogens with zero attached hydrogens (tertiary/aromatic N) is 3. The van der Waals surface area contributed by atoms with Crippen molar-refractivity contribution in [3.63, 3.8) is 0 Å². The van der Waals surface area contributed by atoms with Crippen molar-refractivity contribution in [3.05, 3.63) is 16.9 Å². The molecule has 1 N–H and O–H groups in total. The monoisotopic (exact) mass is 314 g/mol. The van der Waals surface area contributed by atoms with E-state index in [1.807, 2.05) is 4.68 Å². The lowest BCUT2D eigenvalue weighted by Gasteiger charge is -2.25. The van der Waals surface area contributed by atoms with E-state index < -0.39 is 0 Å². The second-order valence-corrected chi connectivity index (χ2v) is 6.37. The van der Waals surface area contributed by atoms with Gasteiger partial charge in [0.2, 0.25) is 0 Å². The minimum Gasteiger partial charge on any atom is -0.381 e. The quantitative estimate of drug-likeness (QED) is 0.798. The van der Waals surface area contributed by atoms with E-state index in [1.54, 1.807) is 6.20 Å². The maximum Gasteiger partial charge on any atom is 0.0834 e. The maximum atomic E-state index is 6.43. The first-order valence-electron chi connectivity index (χ1n) is 7.80. The number of nitrogens with one attached hydrogen (secondary N) is 1. The van der Waals surface area contributed by atoms with E-state index in [-0.39, 0.29) is 6.04 Å². The van der Waals surface area contributed by atoms with Crippen LogP contribution >= 0.6 is 11.6 Å². The van der Waals surface area contributed by atoms with E-state index in [0.717, 1.165) is 56.4 Å². The molecule has 1 aliphatic heterocycles. The van der Waals surface area contributed by atoms with Gasteiger partial charge in [-0.3, -0.25) is 4.68 Å². The minimum absolute atomic E-state index is 0.226. The van der Waals surface area contributed by atoms with Crippen molar-refractivity contribution in [1.29, 1.82) is 0 Å². The molecule has 0 aromatic carbocycles. The number of ether oxygens (including phenoxy) is 1. The van der Waals surface area contributed by atoms with E-state index in [0.29, 0.717) is 5.92 Å². The molecule has 1 aliphatic rings. The van der Waals surface area contributed by atoms with Crippen LogP contribution in [0.4, 0.5) is 0 Å². The first-order valence-corrected chi connectivity index (χ1v) is 8.18. The molecular formula is C15H27ClN4O. The Kier molecular flexibility index (Phi) is 6.48. The number of rotatable bonds is 8. The van der Waals surface area contributed by atoms with Gasteiger partial charge in [0.1, 0.15) is 0 Å². The van der Waals surface area contributed by atoms with E-state index in [9.17, 15) is 0 Å². The van der Waals surface area contributed by atoms with Crippen LogP contribution in [-0.4, -0.2) is 55.1 Å². The molecular weight excluding hydrogens is 288 g/mol. The normalized spacial score (nSPS) is 20.3. The molecule has 2 unspecified atom stereocenters. The fraction of sp³-hybridized carbons (Fsp3) is 0.800. The Morgan fingerprint density at radius 2 is 2.38 bits per heavy atom. The van der Waals surface area contributed by atoms with Crippen LogP contribution in [0.2, 0.25) is 5.02 Å². The highest BCUT2D eigenvalue weighted by Crippen LogP contribution is 2.33. The standard InChI is InChI=1S/C15H27ClN4O/c1-4-6-17-14(12-5-9-21-11-12)15-13(16)10-18-20(15)8-7-19(2)3/h10,12,14,17H,4-9,11H2,1-3H3. The maximum absolute atomic E-state index is 6.43. The van der Waals surface area contributed by atoms with Gasteiger partial charge in [-0.15, -0.1) is 0 Å². The summed E-state index contributed by atoms with van der Waals surface area (Å²) in [6.07, 6.45) is 3.95. The molecule has 1 aromatic rings. The zero-order valence-electron chi connectivity index (χ0n) is 13.3. The second-order valence-electron chi connectivity index (χ2n) is 5.96. The number of halogens is 1. The Labute approximate surface area is 132 Å². The van der Waals surface area contributed by atoms with Gasteiger partial charge >= 0.3 is 0 Å². The fourth-order valence-corrected chi connectivity index (χ4v) is 3.01. The van der Waals surface area contributed by atoms with Crippen molar-refractivity contribution in [1.82, 2.24) is 20.0 Å². The minimum atomic E-state index is 0.226. The molecule has 0 amide bonds. The lowest BCUT2D eigenvalue weighted by Crippen LogP contribution is -2.32. The summed E-state index contributed by atoms with van der Waals surface area (Å²) in [5.74, 6) is 0.476. The first kappa shape index (κ1) is 16.7. The SMILES string of the molecule is CCCNC(c1c(Cl)cnn1CCN(C)C)C1CCOC1. The second kappa shape index (κ2) is 8.13. The number of likely N-dealkylation sites (N-methyl/N-ethyl adjacent to an activating group) is 1. The summed E-state index contributed by atoms with van der Waals surface area (Å²) in [7, 11) is 4.14. The highest BCUT2D eigenvalue weighted by atomic mass is 35.5. The van der Waals surface area contributed by atoms with Gasteiger partial charge in [-0.2, -0.15) is 5.10 Å². The lowest BCUT2D eigenvalue weighted by atomic mass is 9.95. The van der Waals surface area contributed by atoms with Crippen LogP contribution in [0.5, 0.6) is 0 Å². The third-order valence-electron chi connectivity index (χ3n) is 3.94. The van der Waals surface area contributed by atoms with Crippen LogP contribution in [0.1, 0.15) is 31.5 Å². The third kappa shape index (κ3) is 4.42. The molecule has 0 radical (unpaired) electrons. The van der Waals surface area contributed by atoms with Gasteiger partial charge in [0.25, 0.3) is 0 Å². The average Bonchev–Trinajstić information content (AvgIpc) is 3.09. The fourth-order valence-electron chi connectivity index (χ4n) is 2.76. The molecule has 2 heterocycles. The van der Waals surface area contributed by atoms with Crippen molar-refractivity contribution in [2.45, 2.75) is 32.4 Å². The van der Waals surface area contributed by atoms with Gasteiger partial charge in [0.15, 0.2) is 0 Å². The summed E-state index contributed by atoms with van der Waals surface area (Å²) in [5.41, 5.74) is 1.11. The van der Waals surface area contributed by atoms with E-state index in [1.165, 1.54) is 0 Å². The van der Waals surface area contributed by atoms with Crippen molar-refractivity contribution in [2.75, 3.05) is 40.4 Å². The predicted molar refractivity (Wildman–Crippen MR) is 85.8 cm³/mol. The van der Waals surface area contributed by atoms with E-state index in [2.05, 4.69) is 36.3 Å². The molecule has 0 bridgehead atoms. The average molecular weight is 315 g/mol. The molecule has 2 atom stereocenters. The van der Waals surface area contributed by atoms with Crippen LogP contribution in [0.25, 0.3) is 0 Å². The van der Waals surface area contributed by atoms with Gasteiger partial charge in [0, 0.05) is 19.1 Å². The van der Waals surface area contributed by atoms with E-state index >= 15 is 0 Å². The molecule has 21 heavy (non-hydrogen) atoms. The first-order chi connectivity index (χ1) is 10.1. The van der Waals surface area contributed by atoms with E-state index in [4.69, 9.17) is 16.3 Å². The number of hydrogen-bond acceptors (Lipinski definition) is 4. The molecule has 120 valence electrons. The Morgan fingerprint density at radius 1 is 1.57 bits per heavy atom. The molecule has 0 aliphatic carbocycles. The summed E-state index contributed by atoms with van der Waals surface area (Å²) in [6.45, 7) is 6.62. The lowest BCUT2D eigenvalue weighted by molar-refractivity contribution is 0.175. The van der Waals surface area contributed by atoms with Crippen molar-refractivity contribution in [2.24, 2.45) is 5.92 Å². The van der Waals surface area contributed by atoms with Crippen LogP contribution < -0.4 is 5.32 Å². The Morgan fingerprint density at radius 3 is 3.00 bits per heavy atom. The van der Waals surface area contributed by atoms with Crippen molar-refractivity contribution < 1.29 is 4.74 Å². The molecule has 0 saturated carbocycles. The Bertz CT molecular complexity index is 429. The van der Waals surface area contributed by atoms with Crippen LogP contribution in [0.15, 0.2) is 6.20 Å². The summed E-state index contributed by atoms with van der Waals surface area (Å²) in [5, 5.41) is 8.87. The number of hydrogen-bond donors (Lipinski definition) is 1. The highest BCUT2D eigenvalue weighted by Gasteiger charge is 2.30. The summed E-state index contributed by atoms with van der Waals surface area (Å²) < 4.78 is 7.62. The molecule has 5 nitrogen and oxygen atoms in total. The van der Waals surface area contributed by atoms with Gasteiger partial charge < -0.3 is 15.0 Å². The van der Waals surface area contributed by atoms with Gasteiger partial charge in [-0.1, -0.05) is 18.5 Å². The van der Waals surface area contributed by atoms with Crippen LogP contribution in [0.3, 0.4) is 0 Å². The largest absolute Gasteiger partial charge is 0.381 e. The van der Waals surface area contributed by atoms with Crippen molar-refractivity contribution >= 4 is 11.6 Å². The zero-order valence-corrected chi connectivity index (χ0v) is 14.1. The summed E-state index contributed by atoms with van der Waals surface area (Å²) in [4.78, 5) is 2.16. The summed E-state index contributed by atoms with van der Waals surface area (Å²) >= 11 is 6.43. The Hall–Kier alpha value is -0.620. The third-order valence-corrected chi connectivity index (χ3v) is 4.23. The van der Waals surface area contributed by atoms with Crippen molar-refractivity contribution in [3.8, 4) is 0 Å². The number of aromatic nitrogens is 2. The van der Waals surface area contributed by atoms with Crippen LogP contribution in [0, 0.1) is 5.92 Å². The van der Waals surface area contributed by atoms with Gasteiger partial charge in [-0.25, -0.2) is 0 Å². The molecule has 1 saturated heterocycles. The topological polar surface area (TPSA) is 42.3 Å².